The molecule has 1 aromatic rings. The summed E-state index contributed by atoms with van der Waals surface area (Å²) in [4.78, 5) is 13.7. The largest absolute Gasteiger partial charge is 0.370 e. The van der Waals surface area contributed by atoms with Crippen LogP contribution in [0.25, 0.3) is 0 Å². The summed E-state index contributed by atoms with van der Waals surface area (Å²) in [6.45, 7) is 6.04. The predicted octanol–water partition coefficient (Wildman–Crippen LogP) is 1.16. The van der Waals surface area contributed by atoms with Crippen LogP contribution in [0.2, 0.25) is 0 Å². The first-order valence-corrected chi connectivity index (χ1v) is 6.31. The average molecular weight is 247 g/mol. The van der Waals surface area contributed by atoms with E-state index in [4.69, 9.17) is 11.5 Å². The van der Waals surface area contributed by atoms with Crippen LogP contribution in [0.4, 0.5) is 5.69 Å². The molecule has 0 radical (unpaired) electrons. The summed E-state index contributed by atoms with van der Waals surface area (Å²) in [5, 5.41) is 0. The van der Waals surface area contributed by atoms with Crippen LogP contribution in [-0.4, -0.2) is 19.0 Å². The van der Waals surface area contributed by atoms with E-state index >= 15 is 0 Å². The maximum absolute atomic E-state index is 11.5. The van der Waals surface area contributed by atoms with Gasteiger partial charge in [-0.25, -0.2) is 0 Å². The van der Waals surface area contributed by atoms with Crippen molar-refractivity contribution in [3.05, 3.63) is 29.3 Å². The Bertz CT molecular complexity index is 472. The van der Waals surface area contributed by atoms with E-state index in [1.807, 2.05) is 6.92 Å². The Balaban J connectivity index is 2.27. The van der Waals surface area contributed by atoms with Gasteiger partial charge in [-0.3, -0.25) is 4.79 Å². The van der Waals surface area contributed by atoms with Crippen molar-refractivity contribution in [2.45, 2.75) is 26.8 Å². The smallest absolute Gasteiger partial charge is 0.225 e. The van der Waals surface area contributed by atoms with Gasteiger partial charge < -0.3 is 16.4 Å². The Labute approximate surface area is 108 Å². The highest BCUT2D eigenvalue weighted by Crippen LogP contribution is 2.34. The molecule has 0 saturated carbocycles. The molecule has 2 rings (SSSR count). The van der Waals surface area contributed by atoms with E-state index in [2.05, 4.69) is 30.0 Å². The number of hydrogen-bond acceptors (Lipinski definition) is 3. The first-order valence-electron chi connectivity index (χ1n) is 6.31. The summed E-state index contributed by atoms with van der Waals surface area (Å²) in [7, 11) is 0. The number of amides is 1. The third-order valence-electron chi connectivity index (χ3n) is 3.86. The van der Waals surface area contributed by atoms with Crippen LogP contribution in [0.1, 0.15) is 24.5 Å². The normalized spacial score (nSPS) is 23.4. The molecule has 1 unspecified atom stereocenters. The van der Waals surface area contributed by atoms with Crippen LogP contribution < -0.4 is 16.4 Å². The van der Waals surface area contributed by atoms with E-state index in [9.17, 15) is 4.79 Å². The number of primary amides is 1. The molecular formula is C14H21N3O. The van der Waals surface area contributed by atoms with E-state index in [-0.39, 0.29) is 5.91 Å². The van der Waals surface area contributed by atoms with Gasteiger partial charge in [0.25, 0.3) is 0 Å². The molecule has 0 bridgehead atoms. The molecule has 4 N–H and O–H groups in total. The van der Waals surface area contributed by atoms with Gasteiger partial charge in [-0.1, -0.05) is 17.7 Å². The summed E-state index contributed by atoms with van der Waals surface area (Å²) >= 11 is 0. The van der Waals surface area contributed by atoms with E-state index in [1.54, 1.807) is 0 Å². The third kappa shape index (κ3) is 2.20. The second kappa shape index (κ2) is 4.61. The zero-order valence-corrected chi connectivity index (χ0v) is 11.1. The van der Waals surface area contributed by atoms with Gasteiger partial charge in [0.15, 0.2) is 0 Å². The minimum absolute atomic E-state index is 0.216. The van der Waals surface area contributed by atoms with Crippen molar-refractivity contribution < 1.29 is 4.79 Å². The molecule has 1 aromatic carbocycles. The molecular weight excluding hydrogens is 226 g/mol. The number of benzene rings is 1. The average Bonchev–Trinajstić information content (AvgIpc) is 2.73. The fourth-order valence-electron chi connectivity index (χ4n) is 2.55. The molecule has 0 spiro atoms. The van der Waals surface area contributed by atoms with Gasteiger partial charge in [-0.15, -0.1) is 0 Å². The number of nitrogens with two attached hydrogens (primary N) is 2. The summed E-state index contributed by atoms with van der Waals surface area (Å²) in [5.74, 6) is -0.216. The van der Waals surface area contributed by atoms with E-state index in [0.717, 1.165) is 24.2 Å². The molecule has 4 nitrogen and oxygen atoms in total. The number of anilines is 1. The molecule has 98 valence electrons. The molecule has 1 saturated heterocycles. The molecule has 1 atom stereocenters. The van der Waals surface area contributed by atoms with Crippen LogP contribution in [0.3, 0.4) is 0 Å². The molecule has 1 aliphatic heterocycles. The molecule has 1 amide bonds. The Morgan fingerprint density at radius 3 is 2.78 bits per heavy atom. The molecule has 4 heteroatoms. The molecule has 0 aromatic heterocycles. The summed E-state index contributed by atoms with van der Waals surface area (Å²) in [6.07, 6.45) is 0.806. The fraction of sp³-hybridized carbons (Fsp3) is 0.500. The molecule has 18 heavy (non-hydrogen) atoms. The lowest BCUT2D eigenvalue weighted by atomic mass is 9.89. The highest BCUT2D eigenvalue weighted by Gasteiger charge is 2.39. The lowest BCUT2D eigenvalue weighted by Gasteiger charge is -2.24. The number of nitrogens with zero attached hydrogens (tertiary/aromatic N) is 1. The van der Waals surface area contributed by atoms with Crippen molar-refractivity contribution in [3.63, 3.8) is 0 Å². The monoisotopic (exact) mass is 247 g/mol. The van der Waals surface area contributed by atoms with Gasteiger partial charge in [0.05, 0.1) is 5.41 Å². The Kier molecular flexibility index (Phi) is 3.30. The first kappa shape index (κ1) is 12.9. The number of aryl methyl sites for hydroxylation is 1. The predicted molar refractivity (Wildman–Crippen MR) is 73.2 cm³/mol. The zero-order chi connectivity index (χ0) is 13.3. The van der Waals surface area contributed by atoms with Gasteiger partial charge in [0.1, 0.15) is 0 Å². The summed E-state index contributed by atoms with van der Waals surface area (Å²) in [5.41, 5.74) is 14.3. The second-order valence-corrected chi connectivity index (χ2v) is 5.43. The minimum Gasteiger partial charge on any atom is -0.370 e. The number of carbonyl (C=O) groups is 1. The lowest BCUT2D eigenvalue weighted by molar-refractivity contribution is -0.125. The summed E-state index contributed by atoms with van der Waals surface area (Å²) in [6, 6.07) is 6.27. The maximum Gasteiger partial charge on any atom is 0.225 e. The molecule has 1 heterocycles. The Hall–Kier alpha value is -1.55. The van der Waals surface area contributed by atoms with E-state index < -0.39 is 5.41 Å². The number of rotatable bonds is 3. The Morgan fingerprint density at radius 2 is 2.22 bits per heavy atom. The van der Waals surface area contributed by atoms with Crippen molar-refractivity contribution in [1.29, 1.82) is 0 Å². The van der Waals surface area contributed by atoms with Crippen molar-refractivity contribution >= 4 is 11.6 Å². The lowest BCUT2D eigenvalue weighted by Crippen LogP contribution is -2.37. The van der Waals surface area contributed by atoms with Crippen LogP contribution >= 0.6 is 0 Å². The van der Waals surface area contributed by atoms with Gasteiger partial charge in [0, 0.05) is 25.3 Å². The van der Waals surface area contributed by atoms with Gasteiger partial charge in [-0.05, 0) is 31.9 Å². The van der Waals surface area contributed by atoms with Crippen molar-refractivity contribution in [2.75, 3.05) is 18.0 Å². The quantitative estimate of drug-likeness (QED) is 0.841. The molecule has 0 aliphatic carbocycles. The fourth-order valence-corrected chi connectivity index (χ4v) is 2.55. The van der Waals surface area contributed by atoms with Crippen LogP contribution in [0.5, 0.6) is 0 Å². The van der Waals surface area contributed by atoms with E-state index in [1.165, 1.54) is 5.56 Å². The van der Waals surface area contributed by atoms with Crippen LogP contribution in [0.15, 0.2) is 18.2 Å². The van der Waals surface area contributed by atoms with Crippen molar-refractivity contribution in [1.82, 2.24) is 0 Å². The van der Waals surface area contributed by atoms with Crippen molar-refractivity contribution in [3.8, 4) is 0 Å². The van der Waals surface area contributed by atoms with Gasteiger partial charge >= 0.3 is 0 Å². The topological polar surface area (TPSA) is 72.3 Å². The molecule has 1 fully saturated rings. The summed E-state index contributed by atoms with van der Waals surface area (Å²) < 4.78 is 0. The third-order valence-corrected chi connectivity index (χ3v) is 3.86. The minimum atomic E-state index is -0.420. The number of carbonyl (C=O) groups excluding carboxylic acids is 1. The van der Waals surface area contributed by atoms with Crippen LogP contribution in [-0.2, 0) is 11.3 Å². The zero-order valence-electron chi connectivity index (χ0n) is 11.1. The highest BCUT2D eigenvalue weighted by molar-refractivity contribution is 5.82. The first-order chi connectivity index (χ1) is 8.46. The van der Waals surface area contributed by atoms with Crippen molar-refractivity contribution in [2.24, 2.45) is 16.9 Å². The van der Waals surface area contributed by atoms with Crippen LogP contribution in [0, 0.1) is 12.3 Å². The second-order valence-electron chi connectivity index (χ2n) is 5.43. The maximum atomic E-state index is 11.5. The molecule has 1 aliphatic rings. The highest BCUT2D eigenvalue weighted by atomic mass is 16.1. The SMILES string of the molecule is Cc1ccc(N2CCC(C)(C(N)=O)C2)c(CN)c1. The Morgan fingerprint density at radius 1 is 1.50 bits per heavy atom. The number of hydrogen-bond donors (Lipinski definition) is 2. The standard InChI is InChI=1S/C14H21N3O/c1-10-3-4-12(11(7-10)8-15)17-6-5-14(2,9-17)13(16)18/h3-4,7H,5-6,8-9,15H2,1-2H3,(H2,16,18). The van der Waals surface area contributed by atoms with Gasteiger partial charge in [0.2, 0.25) is 5.91 Å². The van der Waals surface area contributed by atoms with Gasteiger partial charge in [-0.2, -0.15) is 0 Å². The van der Waals surface area contributed by atoms with E-state index in [0.29, 0.717) is 13.1 Å².